The summed E-state index contributed by atoms with van der Waals surface area (Å²) in [6, 6.07) is 11.6. The van der Waals surface area contributed by atoms with Crippen LogP contribution in [0.4, 0.5) is 0 Å². The highest BCUT2D eigenvalue weighted by atomic mass is 35.5. The lowest BCUT2D eigenvalue weighted by molar-refractivity contribution is -0.135. The highest BCUT2D eigenvalue weighted by molar-refractivity contribution is 7.12. The fraction of sp³-hybridized carbons (Fsp3) is 0.300. The van der Waals surface area contributed by atoms with Gasteiger partial charge in [-0.2, -0.15) is 0 Å². The van der Waals surface area contributed by atoms with Crippen LogP contribution in [0.15, 0.2) is 48.0 Å². The Kier molecular flexibility index (Phi) is 9.08. The van der Waals surface area contributed by atoms with Gasteiger partial charge in [-0.1, -0.05) is 43.6 Å². The predicted octanol–water partition coefficient (Wildman–Crippen LogP) is 4.19. The fourth-order valence-electron chi connectivity index (χ4n) is 2.38. The maximum Gasteiger partial charge on any atom is 0.252 e. The molecule has 1 amide bonds. The Labute approximate surface area is 177 Å². The zero-order chi connectivity index (χ0) is 20.5. The summed E-state index contributed by atoms with van der Waals surface area (Å²) in [5.41, 5.74) is 1.05. The van der Waals surface area contributed by atoms with Gasteiger partial charge in [-0.3, -0.25) is 4.79 Å². The highest BCUT2D eigenvalue weighted by Crippen LogP contribution is 2.24. The van der Waals surface area contributed by atoms with E-state index in [1.165, 1.54) is 17.5 Å². The molecule has 0 aliphatic rings. The average molecular weight is 439 g/mol. The summed E-state index contributed by atoms with van der Waals surface area (Å²) < 4.78 is 0. The molecular weight excluding hydrogens is 416 g/mol. The van der Waals surface area contributed by atoms with Crippen LogP contribution in [0.5, 0.6) is 0 Å². The first-order valence-corrected chi connectivity index (χ1v) is 11.0. The summed E-state index contributed by atoms with van der Waals surface area (Å²) in [6.07, 6.45) is -0.637. The molecule has 5 nitrogen and oxygen atoms in total. The van der Waals surface area contributed by atoms with Crippen LogP contribution in [0.25, 0.3) is 0 Å². The van der Waals surface area contributed by atoms with Gasteiger partial charge in [0.2, 0.25) is 0 Å². The van der Waals surface area contributed by atoms with Crippen LogP contribution in [0.2, 0.25) is 5.02 Å². The zero-order valence-corrected chi connectivity index (χ0v) is 18.0. The van der Waals surface area contributed by atoms with Crippen molar-refractivity contribution in [1.82, 2.24) is 10.3 Å². The molecule has 2 aromatic heterocycles. The average Bonchev–Trinajstić information content (AvgIpc) is 3.40. The van der Waals surface area contributed by atoms with Gasteiger partial charge in [0.1, 0.15) is 11.1 Å². The lowest BCUT2D eigenvalue weighted by Crippen LogP contribution is -2.38. The molecule has 0 radical (unpaired) electrons. The SMILES string of the molecule is CC.O=C(NCc1ccc(Cc2ccccc2Cl)s1)[C@H](O)[C@@H](O)c1nccs1. The van der Waals surface area contributed by atoms with Crippen LogP contribution in [-0.4, -0.2) is 27.2 Å². The molecule has 0 bridgehead atoms. The lowest BCUT2D eigenvalue weighted by Gasteiger charge is -2.15. The Bertz CT molecular complexity index is 868. The third kappa shape index (κ3) is 6.12. The molecule has 3 N–H and O–H groups in total. The van der Waals surface area contributed by atoms with Crippen molar-refractivity contribution < 1.29 is 15.0 Å². The Balaban J connectivity index is 0.00000136. The molecule has 3 aromatic rings. The van der Waals surface area contributed by atoms with Gasteiger partial charge in [-0.05, 0) is 23.8 Å². The Morgan fingerprint density at radius 1 is 1.18 bits per heavy atom. The maximum absolute atomic E-state index is 12.0. The number of hydrogen-bond donors (Lipinski definition) is 3. The second-order valence-electron chi connectivity index (χ2n) is 5.61. The Morgan fingerprint density at radius 2 is 1.89 bits per heavy atom. The van der Waals surface area contributed by atoms with Gasteiger partial charge >= 0.3 is 0 Å². The molecule has 2 atom stereocenters. The van der Waals surface area contributed by atoms with Crippen molar-refractivity contribution >= 4 is 40.2 Å². The van der Waals surface area contributed by atoms with Crippen molar-refractivity contribution in [2.45, 2.75) is 39.0 Å². The van der Waals surface area contributed by atoms with Crippen LogP contribution in [0, 0.1) is 0 Å². The molecule has 0 aliphatic heterocycles. The number of carbonyl (C=O) groups excluding carboxylic acids is 1. The second kappa shape index (κ2) is 11.3. The molecule has 1 aromatic carbocycles. The number of carbonyl (C=O) groups is 1. The van der Waals surface area contributed by atoms with Crippen LogP contribution in [-0.2, 0) is 17.8 Å². The van der Waals surface area contributed by atoms with Crippen LogP contribution in [0.1, 0.15) is 40.3 Å². The van der Waals surface area contributed by atoms with E-state index in [9.17, 15) is 15.0 Å². The molecule has 8 heteroatoms. The van der Waals surface area contributed by atoms with Gasteiger partial charge in [0.25, 0.3) is 5.91 Å². The molecule has 0 aliphatic carbocycles. The third-order valence-electron chi connectivity index (χ3n) is 3.75. The molecule has 0 unspecified atom stereocenters. The number of halogens is 1. The normalized spacial score (nSPS) is 12.6. The quantitative estimate of drug-likeness (QED) is 0.516. The minimum Gasteiger partial charge on any atom is -0.383 e. The Morgan fingerprint density at radius 3 is 2.57 bits per heavy atom. The van der Waals surface area contributed by atoms with Crippen molar-refractivity contribution in [3.63, 3.8) is 0 Å². The molecule has 0 fully saturated rings. The van der Waals surface area contributed by atoms with E-state index in [4.69, 9.17) is 11.6 Å². The number of hydrogen-bond acceptors (Lipinski definition) is 6. The minimum atomic E-state index is -1.55. The number of aliphatic hydroxyl groups is 2. The van der Waals surface area contributed by atoms with Gasteiger partial charge in [0, 0.05) is 32.8 Å². The van der Waals surface area contributed by atoms with Crippen molar-refractivity contribution in [1.29, 1.82) is 0 Å². The van der Waals surface area contributed by atoms with Gasteiger partial charge in [0.15, 0.2) is 6.10 Å². The number of aromatic nitrogens is 1. The van der Waals surface area contributed by atoms with Gasteiger partial charge < -0.3 is 15.5 Å². The van der Waals surface area contributed by atoms with Crippen LogP contribution >= 0.6 is 34.3 Å². The molecule has 0 spiro atoms. The zero-order valence-electron chi connectivity index (χ0n) is 15.6. The van der Waals surface area contributed by atoms with Crippen molar-refractivity contribution in [3.05, 3.63) is 73.3 Å². The first-order chi connectivity index (χ1) is 13.5. The maximum atomic E-state index is 12.0. The summed E-state index contributed by atoms with van der Waals surface area (Å²) in [7, 11) is 0. The van der Waals surface area contributed by atoms with E-state index in [2.05, 4.69) is 10.3 Å². The lowest BCUT2D eigenvalue weighted by atomic mass is 10.1. The van der Waals surface area contributed by atoms with E-state index in [1.54, 1.807) is 16.7 Å². The molecule has 2 heterocycles. The van der Waals surface area contributed by atoms with E-state index < -0.39 is 18.1 Å². The van der Waals surface area contributed by atoms with E-state index >= 15 is 0 Å². The fourth-order valence-corrected chi connectivity index (χ4v) is 4.21. The third-order valence-corrected chi connectivity index (χ3v) is 6.05. The number of thiazole rings is 1. The molecule has 0 saturated heterocycles. The van der Waals surface area contributed by atoms with E-state index in [-0.39, 0.29) is 6.54 Å². The van der Waals surface area contributed by atoms with Crippen molar-refractivity contribution in [3.8, 4) is 0 Å². The minimum absolute atomic E-state index is 0.285. The number of nitrogens with zero attached hydrogens (tertiary/aromatic N) is 1. The number of rotatable bonds is 7. The Hall–Kier alpha value is -1.77. The number of aliphatic hydroxyl groups excluding tert-OH is 2. The largest absolute Gasteiger partial charge is 0.383 e. The summed E-state index contributed by atoms with van der Waals surface area (Å²) in [6.45, 7) is 4.29. The van der Waals surface area contributed by atoms with E-state index in [0.29, 0.717) is 5.01 Å². The predicted molar refractivity (Wildman–Crippen MR) is 115 cm³/mol. The molecule has 3 rings (SSSR count). The molecule has 28 heavy (non-hydrogen) atoms. The summed E-state index contributed by atoms with van der Waals surface area (Å²) in [5, 5.41) is 25.3. The van der Waals surface area contributed by atoms with E-state index in [1.807, 2.05) is 50.2 Å². The highest BCUT2D eigenvalue weighted by Gasteiger charge is 2.27. The number of nitrogens with one attached hydrogen (secondary N) is 1. The summed E-state index contributed by atoms with van der Waals surface area (Å²) in [5.74, 6) is -0.631. The van der Waals surface area contributed by atoms with Gasteiger partial charge in [-0.15, -0.1) is 22.7 Å². The first-order valence-electron chi connectivity index (χ1n) is 8.89. The van der Waals surface area contributed by atoms with Gasteiger partial charge in [0.05, 0.1) is 6.54 Å². The van der Waals surface area contributed by atoms with Crippen molar-refractivity contribution in [2.75, 3.05) is 0 Å². The molecular formula is C20H23ClN2O3S2. The topological polar surface area (TPSA) is 82.5 Å². The summed E-state index contributed by atoms with van der Waals surface area (Å²) >= 11 is 8.94. The molecule has 0 saturated carbocycles. The molecule has 150 valence electrons. The van der Waals surface area contributed by atoms with E-state index in [0.717, 1.165) is 26.8 Å². The second-order valence-corrected chi connectivity index (χ2v) is 8.20. The standard InChI is InChI=1S/C18H17ClN2O3S2.C2H6/c19-14-4-2-1-3-11(14)9-12-5-6-13(26-12)10-21-17(24)15(22)16(23)18-20-7-8-25-18;1-2/h1-8,15-16,22-23H,9-10H2,(H,21,24);1-2H3/t15-,16-;/m1./s1. The number of thiophene rings is 1. The van der Waals surface area contributed by atoms with Gasteiger partial charge in [-0.25, -0.2) is 4.98 Å². The summed E-state index contributed by atoms with van der Waals surface area (Å²) in [4.78, 5) is 18.0. The number of benzene rings is 1. The first kappa shape index (κ1) is 22.5. The van der Waals surface area contributed by atoms with Crippen molar-refractivity contribution in [2.24, 2.45) is 0 Å². The van der Waals surface area contributed by atoms with Crippen LogP contribution in [0.3, 0.4) is 0 Å². The smallest absolute Gasteiger partial charge is 0.252 e. The monoisotopic (exact) mass is 438 g/mol. The van der Waals surface area contributed by atoms with Crippen LogP contribution < -0.4 is 5.32 Å². The number of amides is 1.